The second-order valence-corrected chi connectivity index (χ2v) is 7.60. The van der Waals surface area contributed by atoms with Gasteiger partial charge in [0, 0.05) is 12.3 Å². The molecule has 0 atom stereocenters. The molecule has 6 nitrogen and oxygen atoms in total. The number of fused-ring (bicyclic) bond motifs is 1. The third kappa shape index (κ3) is 3.09. The van der Waals surface area contributed by atoms with Gasteiger partial charge in [-0.2, -0.15) is 9.47 Å². The molecule has 10 heteroatoms. The second-order valence-electron chi connectivity index (χ2n) is 5.17. The van der Waals surface area contributed by atoms with E-state index in [-0.39, 0.29) is 5.69 Å². The minimum atomic E-state index is -0.406. The van der Waals surface area contributed by atoms with Crippen molar-refractivity contribution in [3.8, 4) is 5.82 Å². The molecule has 0 radical (unpaired) electrons. The monoisotopic (exact) mass is 467 g/mol. The number of rotatable bonds is 3. The van der Waals surface area contributed by atoms with Gasteiger partial charge in [-0.15, -0.1) is 0 Å². The fourth-order valence-corrected chi connectivity index (χ4v) is 4.08. The zero-order valence-corrected chi connectivity index (χ0v) is 16.7. The third-order valence-electron chi connectivity index (χ3n) is 3.53. The molecule has 3 heterocycles. The topological polar surface area (TPSA) is 72.7 Å². The highest BCUT2D eigenvalue weighted by Gasteiger charge is 2.20. The van der Waals surface area contributed by atoms with E-state index < -0.39 is 5.91 Å². The van der Waals surface area contributed by atoms with Crippen LogP contribution in [0.1, 0.15) is 10.5 Å². The van der Waals surface area contributed by atoms with Crippen LogP contribution in [0.25, 0.3) is 15.9 Å². The van der Waals surface area contributed by atoms with Crippen LogP contribution in [-0.2, 0) is 0 Å². The molecule has 0 saturated heterocycles. The predicted molar refractivity (Wildman–Crippen MR) is 107 cm³/mol. The van der Waals surface area contributed by atoms with Crippen LogP contribution in [0.4, 0.5) is 5.82 Å². The second kappa shape index (κ2) is 6.96. The molecule has 0 aliphatic carbocycles. The molecule has 1 aromatic carbocycles. The van der Waals surface area contributed by atoms with Gasteiger partial charge in [0.2, 0.25) is 0 Å². The molecule has 1 N–H and O–H groups in total. The van der Waals surface area contributed by atoms with E-state index in [0.29, 0.717) is 31.7 Å². The average Bonchev–Trinajstić information content (AvgIpc) is 3.20. The van der Waals surface area contributed by atoms with E-state index in [0.717, 1.165) is 4.70 Å². The van der Waals surface area contributed by atoms with Crippen LogP contribution in [0.5, 0.6) is 0 Å². The molecule has 0 spiro atoms. The number of anilines is 1. The number of benzene rings is 1. The number of halogens is 3. The summed E-state index contributed by atoms with van der Waals surface area (Å²) in [7, 11) is 0. The number of nitrogens with zero attached hydrogens (tertiary/aromatic N) is 4. The standard InChI is InChI=1S/C16H8BrCl2N5OS/c17-12-7-10(24(22-12)15-9(19)4-2-6-20-15)16(25)21-14-13-8(18)3-1-5-11(13)26-23-14/h1-7H,(H,21,23,25). The van der Waals surface area contributed by atoms with Gasteiger partial charge in [-0.25, -0.2) is 9.67 Å². The highest BCUT2D eigenvalue weighted by atomic mass is 79.9. The lowest BCUT2D eigenvalue weighted by Gasteiger charge is -2.08. The van der Waals surface area contributed by atoms with Crippen molar-refractivity contribution in [3.63, 3.8) is 0 Å². The van der Waals surface area contributed by atoms with Gasteiger partial charge in [-0.05, 0) is 51.7 Å². The van der Waals surface area contributed by atoms with Gasteiger partial charge in [0.1, 0.15) is 10.3 Å². The lowest BCUT2D eigenvalue weighted by Crippen LogP contribution is -2.18. The van der Waals surface area contributed by atoms with Crippen LogP contribution < -0.4 is 5.32 Å². The average molecular weight is 469 g/mol. The van der Waals surface area contributed by atoms with Gasteiger partial charge in [-0.1, -0.05) is 29.3 Å². The maximum absolute atomic E-state index is 12.8. The lowest BCUT2D eigenvalue weighted by molar-refractivity contribution is 0.101. The Morgan fingerprint density at radius 3 is 2.81 bits per heavy atom. The molecular weight excluding hydrogens is 461 g/mol. The lowest BCUT2D eigenvalue weighted by atomic mass is 10.2. The maximum atomic E-state index is 12.8. The van der Waals surface area contributed by atoms with Crippen LogP contribution >= 0.6 is 50.7 Å². The fraction of sp³-hybridized carbons (Fsp3) is 0. The van der Waals surface area contributed by atoms with Crippen molar-refractivity contribution in [2.45, 2.75) is 0 Å². The minimum Gasteiger partial charge on any atom is -0.304 e. The first kappa shape index (κ1) is 17.4. The Labute approximate surface area is 170 Å². The molecular formula is C16H8BrCl2N5OS. The Morgan fingerprint density at radius 1 is 1.19 bits per heavy atom. The molecule has 0 aliphatic heterocycles. The van der Waals surface area contributed by atoms with Crippen molar-refractivity contribution >= 4 is 72.5 Å². The van der Waals surface area contributed by atoms with Gasteiger partial charge in [0.05, 0.1) is 20.1 Å². The van der Waals surface area contributed by atoms with Crippen molar-refractivity contribution in [3.05, 3.63) is 62.9 Å². The van der Waals surface area contributed by atoms with Crippen molar-refractivity contribution < 1.29 is 4.79 Å². The number of hydrogen-bond donors (Lipinski definition) is 1. The summed E-state index contributed by atoms with van der Waals surface area (Å²) in [4.78, 5) is 17.0. The molecule has 0 saturated carbocycles. The predicted octanol–water partition coefficient (Wildman–Crippen LogP) is 5.20. The number of carbonyl (C=O) groups is 1. The molecule has 130 valence electrons. The normalized spacial score (nSPS) is 11.0. The van der Waals surface area contributed by atoms with Crippen molar-refractivity contribution in [2.75, 3.05) is 5.32 Å². The highest BCUT2D eigenvalue weighted by molar-refractivity contribution is 9.10. The molecule has 4 aromatic rings. The fourth-order valence-electron chi connectivity index (χ4n) is 2.42. The summed E-state index contributed by atoms with van der Waals surface area (Å²) in [6.45, 7) is 0. The highest BCUT2D eigenvalue weighted by Crippen LogP contribution is 2.33. The summed E-state index contributed by atoms with van der Waals surface area (Å²) in [5.74, 6) is 0.347. The summed E-state index contributed by atoms with van der Waals surface area (Å²) in [6.07, 6.45) is 1.58. The summed E-state index contributed by atoms with van der Waals surface area (Å²) in [5, 5.41) is 8.64. The van der Waals surface area contributed by atoms with Gasteiger partial charge in [0.15, 0.2) is 11.6 Å². The number of nitrogens with one attached hydrogen (secondary N) is 1. The molecule has 4 rings (SSSR count). The zero-order valence-electron chi connectivity index (χ0n) is 12.8. The van der Waals surface area contributed by atoms with E-state index >= 15 is 0 Å². The first-order chi connectivity index (χ1) is 12.5. The van der Waals surface area contributed by atoms with Gasteiger partial charge in [-0.3, -0.25) is 4.79 Å². The molecule has 0 fully saturated rings. The van der Waals surface area contributed by atoms with Crippen LogP contribution in [0.15, 0.2) is 47.2 Å². The van der Waals surface area contributed by atoms with Crippen LogP contribution in [0, 0.1) is 0 Å². The number of amides is 1. The Morgan fingerprint density at radius 2 is 2.00 bits per heavy atom. The number of carbonyl (C=O) groups excluding carboxylic acids is 1. The number of hydrogen-bond acceptors (Lipinski definition) is 5. The summed E-state index contributed by atoms with van der Waals surface area (Å²) in [5.41, 5.74) is 0.255. The quantitative estimate of drug-likeness (QED) is 0.448. The Balaban J connectivity index is 1.75. The van der Waals surface area contributed by atoms with E-state index in [2.05, 4.69) is 35.7 Å². The van der Waals surface area contributed by atoms with E-state index in [9.17, 15) is 4.79 Å². The van der Waals surface area contributed by atoms with Crippen molar-refractivity contribution in [1.29, 1.82) is 0 Å². The summed E-state index contributed by atoms with van der Waals surface area (Å²) < 4.78 is 7.03. The van der Waals surface area contributed by atoms with E-state index in [1.165, 1.54) is 16.2 Å². The first-order valence-corrected chi connectivity index (χ1v) is 9.58. The van der Waals surface area contributed by atoms with E-state index in [1.807, 2.05) is 12.1 Å². The zero-order chi connectivity index (χ0) is 18.3. The SMILES string of the molecule is O=C(Nc1nsc2cccc(Cl)c12)c1cc(Br)nn1-c1ncccc1Cl. The molecule has 1 amide bonds. The van der Waals surface area contributed by atoms with Gasteiger partial charge < -0.3 is 5.32 Å². The molecule has 0 unspecified atom stereocenters. The molecule has 0 bridgehead atoms. The van der Waals surface area contributed by atoms with E-state index in [1.54, 1.807) is 30.5 Å². The molecule has 3 aromatic heterocycles. The maximum Gasteiger partial charge on any atom is 0.275 e. The van der Waals surface area contributed by atoms with Crippen LogP contribution in [0.2, 0.25) is 10.0 Å². The first-order valence-electron chi connectivity index (χ1n) is 7.26. The van der Waals surface area contributed by atoms with Crippen LogP contribution in [0.3, 0.4) is 0 Å². The molecule has 0 aliphatic rings. The summed E-state index contributed by atoms with van der Waals surface area (Å²) >= 11 is 17.0. The largest absolute Gasteiger partial charge is 0.304 e. The Bertz CT molecular complexity index is 1140. The van der Waals surface area contributed by atoms with Crippen molar-refractivity contribution in [1.82, 2.24) is 19.1 Å². The minimum absolute atomic E-state index is 0.255. The third-order valence-corrected chi connectivity index (χ3v) is 5.34. The Kier molecular flexibility index (Phi) is 4.66. The molecule has 26 heavy (non-hydrogen) atoms. The van der Waals surface area contributed by atoms with Crippen LogP contribution in [-0.4, -0.2) is 25.0 Å². The van der Waals surface area contributed by atoms with Gasteiger partial charge >= 0.3 is 0 Å². The van der Waals surface area contributed by atoms with Gasteiger partial charge in [0.25, 0.3) is 5.91 Å². The number of aromatic nitrogens is 4. The van der Waals surface area contributed by atoms with E-state index in [4.69, 9.17) is 23.2 Å². The summed E-state index contributed by atoms with van der Waals surface area (Å²) in [6, 6.07) is 10.4. The number of pyridine rings is 1. The Hall–Kier alpha value is -2.00. The van der Waals surface area contributed by atoms with Crippen molar-refractivity contribution in [2.24, 2.45) is 0 Å². The smallest absolute Gasteiger partial charge is 0.275 e.